The summed E-state index contributed by atoms with van der Waals surface area (Å²) in [5.41, 5.74) is 0. The van der Waals surface area contributed by atoms with Gasteiger partial charge in [-0.2, -0.15) is 0 Å². The molecule has 2 heteroatoms. The van der Waals surface area contributed by atoms with Gasteiger partial charge in [0.15, 0.2) is 0 Å². The predicted octanol–water partition coefficient (Wildman–Crippen LogP) is 1.55. The van der Waals surface area contributed by atoms with Crippen LogP contribution in [-0.2, 0) is 0 Å². The Morgan fingerprint density at radius 2 is 2.33 bits per heavy atom. The maximum atomic E-state index is 2.35. The first-order valence-corrected chi connectivity index (χ1v) is 4.84. The molecule has 0 aromatic heterocycles. The van der Waals surface area contributed by atoms with Crippen molar-refractivity contribution in [1.29, 1.82) is 0 Å². The average molecular weight is 146 g/mol. The fourth-order valence-corrected chi connectivity index (χ4v) is 2.36. The van der Waals surface area contributed by atoms with E-state index >= 15 is 0 Å². The van der Waals surface area contributed by atoms with E-state index < -0.39 is 0 Å². The lowest BCUT2D eigenvalue weighted by atomic mass is 10.4. The van der Waals surface area contributed by atoms with Gasteiger partial charge < -0.3 is 4.48 Å². The first-order chi connectivity index (χ1) is 4.27. The van der Waals surface area contributed by atoms with Crippen molar-refractivity contribution in [1.82, 2.24) is 0 Å². The third kappa shape index (κ3) is 1.87. The maximum absolute atomic E-state index is 2.35. The molecular weight excluding hydrogens is 130 g/mol. The number of hydrogen-bond donors (Lipinski definition) is 0. The Bertz CT molecular complexity index is 86.9. The summed E-state index contributed by atoms with van der Waals surface area (Å²) in [4.78, 5) is 0. The maximum Gasteiger partial charge on any atom is 0.125 e. The van der Waals surface area contributed by atoms with Gasteiger partial charge in [-0.05, 0) is 6.92 Å². The number of rotatable bonds is 1. The van der Waals surface area contributed by atoms with Gasteiger partial charge in [0.05, 0.1) is 20.1 Å². The Kier molecular flexibility index (Phi) is 2.42. The summed E-state index contributed by atoms with van der Waals surface area (Å²) in [5, 5.41) is 0. The van der Waals surface area contributed by atoms with Gasteiger partial charge in [0.25, 0.3) is 0 Å². The zero-order chi connectivity index (χ0) is 6.74. The molecule has 0 aromatic carbocycles. The van der Waals surface area contributed by atoms with Crippen molar-refractivity contribution >= 4 is 11.8 Å². The summed E-state index contributed by atoms with van der Waals surface area (Å²) in [6.07, 6.45) is 1.41. The molecule has 1 aliphatic heterocycles. The fourth-order valence-electron chi connectivity index (χ4n) is 1.15. The van der Waals surface area contributed by atoms with Crippen molar-refractivity contribution in [2.45, 2.75) is 13.3 Å². The van der Waals surface area contributed by atoms with Gasteiger partial charge in [-0.1, -0.05) is 0 Å². The Morgan fingerprint density at radius 1 is 1.56 bits per heavy atom. The Labute approximate surface area is 62.0 Å². The molecular formula is C7H16NS+. The molecule has 1 rings (SSSR count). The molecule has 0 aromatic rings. The molecule has 1 atom stereocenters. The van der Waals surface area contributed by atoms with E-state index in [4.69, 9.17) is 0 Å². The van der Waals surface area contributed by atoms with Crippen LogP contribution in [-0.4, -0.2) is 36.2 Å². The standard InChI is InChI=1S/C7H16NS/c1-3-8(2)5-4-6-9-7-8/h3-7H2,1-2H3/q+1. The molecule has 0 radical (unpaired) electrons. The Morgan fingerprint density at radius 3 is 2.67 bits per heavy atom. The van der Waals surface area contributed by atoms with Crippen LogP contribution in [0.15, 0.2) is 0 Å². The topological polar surface area (TPSA) is 0 Å². The summed E-state index contributed by atoms with van der Waals surface area (Å²) in [5.74, 6) is 2.71. The minimum atomic E-state index is 1.28. The van der Waals surface area contributed by atoms with Gasteiger partial charge in [0.1, 0.15) is 5.88 Å². The van der Waals surface area contributed by atoms with Crippen molar-refractivity contribution in [3.05, 3.63) is 0 Å². The zero-order valence-electron chi connectivity index (χ0n) is 6.39. The average Bonchev–Trinajstić information content (AvgIpc) is 1.90. The highest BCUT2D eigenvalue weighted by molar-refractivity contribution is 7.99. The van der Waals surface area contributed by atoms with Crippen molar-refractivity contribution in [2.75, 3.05) is 31.8 Å². The van der Waals surface area contributed by atoms with Crippen molar-refractivity contribution < 1.29 is 4.48 Å². The lowest BCUT2D eigenvalue weighted by Gasteiger charge is -2.36. The van der Waals surface area contributed by atoms with Crippen molar-refractivity contribution in [2.24, 2.45) is 0 Å². The second kappa shape index (κ2) is 2.93. The molecule has 1 saturated heterocycles. The van der Waals surface area contributed by atoms with E-state index in [0.717, 1.165) is 0 Å². The Hall–Kier alpha value is 0.310. The first-order valence-electron chi connectivity index (χ1n) is 3.68. The highest BCUT2D eigenvalue weighted by Gasteiger charge is 2.21. The SMILES string of the molecule is CC[N+]1(C)CCCSC1. The van der Waals surface area contributed by atoms with Crippen LogP contribution in [0, 0.1) is 0 Å². The number of hydrogen-bond acceptors (Lipinski definition) is 1. The quantitative estimate of drug-likeness (QED) is 0.506. The second-order valence-corrected chi connectivity index (χ2v) is 4.12. The van der Waals surface area contributed by atoms with Crippen LogP contribution in [0.2, 0.25) is 0 Å². The van der Waals surface area contributed by atoms with Gasteiger partial charge in [-0.25, -0.2) is 0 Å². The molecule has 1 nitrogen and oxygen atoms in total. The van der Waals surface area contributed by atoms with E-state index in [0.29, 0.717) is 0 Å². The molecule has 0 N–H and O–H groups in total. The molecule has 0 aliphatic carbocycles. The van der Waals surface area contributed by atoms with E-state index in [1.165, 1.54) is 35.6 Å². The van der Waals surface area contributed by atoms with Crippen LogP contribution >= 0.6 is 11.8 Å². The lowest BCUT2D eigenvalue weighted by molar-refractivity contribution is -0.896. The number of quaternary nitrogens is 1. The normalized spacial score (nSPS) is 36.7. The molecule has 0 amide bonds. The smallest absolute Gasteiger partial charge is 0.125 e. The summed E-state index contributed by atoms with van der Waals surface area (Å²) >= 11 is 2.10. The minimum Gasteiger partial charge on any atom is -0.318 e. The molecule has 1 fully saturated rings. The second-order valence-electron chi connectivity index (χ2n) is 3.05. The molecule has 0 bridgehead atoms. The van der Waals surface area contributed by atoms with E-state index in [-0.39, 0.29) is 0 Å². The number of nitrogens with zero attached hydrogens (tertiary/aromatic N) is 1. The molecule has 9 heavy (non-hydrogen) atoms. The molecule has 1 aliphatic rings. The number of thioether (sulfide) groups is 1. The summed E-state index contributed by atoms with van der Waals surface area (Å²) < 4.78 is 1.28. The first kappa shape index (κ1) is 7.42. The summed E-state index contributed by atoms with van der Waals surface area (Å²) in [6.45, 7) is 4.97. The van der Waals surface area contributed by atoms with Crippen molar-refractivity contribution in [3.63, 3.8) is 0 Å². The highest BCUT2D eigenvalue weighted by Crippen LogP contribution is 2.19. The summed E-state index contributed by atoms with van der Waals surface area (Å²) in [6, 6.07) is 0. The van der Waals surface area contributed by atoms with Crippen LogP contribution < -0.4 is 0 Å². The van der Waals surface area contributed by atoms with Crippen LogP contribution in [0.3, 0.4) is 0 Å². The third-order valence-electron chi connectivity index (χ3n) is 2.15. The monoisotopic (exact) mass is 146 g/mol. The van der Waals surface area contributed by atoms with Gasteiger partial charge in [-0.15, -0.1) is 11.8 Å². The van der Waals surface area contributed by atoms with E-state index in [1.54, 1.807) is 0 Å². The zero-order valence-corrected chi connectivity index (χ0v) is 7.21. The van der Waals surface area contributed by atoms with Crippen LogP contribution in [0.5, 0.6) is 0 Å². The van der Waals surface area contributed by atoms with Gasteiger partial charge in [-0.3, -0.25) is 0 Å². The summed E-state index contributed by atoms with van der Waals surface area (Å²) in [7, 11) is 2.35. The van der Waals surface area contributed by atoms with Crippen molar-refractivity contribution in [3.8, 4) is 0 Å². The van der Waals surface area contributed by atoms with E-state index in [9.17, 15) is 0 Å². The largest absolute Gasteiger partial charge is 0.318 e. The van der Waals surface area contributed by atoms with E-state index in [2.05, 4.69) is 25.7 Å². The molecule has 0 saturated carbocycles. The molecule has 0 spiro atoms. The predicted molar refractivity (Wildman–Crippen MR) is 43.5 cm³/mol. The lowest BCUT2D eigenvalue weighted by Crippen LogP contribution is -2.46. The molecule has 1 unspecified atom stereocenters. The van der Waals surface area contributed by atoms with Gasteiger partial charge >= 0.3 is 0 Å². The Balaban J connectivity index is 2.37. The van der Waals surface area contributed by atoms with E-state index in [1.807, 2.05) is 0 Å². The van der Waals surface area contributed by atoms with Gasteiger partial charge in [0, 0.05) is 12.2 Å². The minimum absolute atomic E-state index is 1.28. The van der Waals surface area contributed by atoms with Gasteiger partial charge in [0.2, 0.25) is 0 Å². The third-order valence-corrected chi connectivity index (χ3v) is 3.54. The highest BCUT2D eigenvalue weighted by atomic mass is 32.2. The van der Waals surface area contributed by atoms with Crippen LogP contribution in [0.4, 0.5) is 0 Å². The fraction of sp³-hybridized carbons (Fsp3) is 1.00. The van der Waals surface area contributed by atoms with Crippen LogP contribution in [0.25, 0.3) is 0 Å². The molecule has 1 heterocycles. The molecule has 54 valence electrons. The van der Waals surface area contributed by atoms with Crippen LogP contribution in [0.1, 0.15) is 13.3 Å².